The average Bonchev–Trinajstić information content (AvgIpc) is 2.80. The number of amides is 1. The molecule has 0 bridgehead atoms. The standard InChI is InChI=1S/C16H21N3O2.H2/c1-15(2)13(16(15,3)4)14(21)19-12-6-5-10(9-18-12)11(20)7-8-17;/h5-9,13H,17H2,1-4H3,(H,18,19,21);1H/b8-7-;. The zero-order valence-electron chi connectivity index (χ0n) is 12.8. The van der Waals surface area contributed by atoms with Crippen LogP contribution in [-0.2, 0) is 4.79 Å². The first-order valence-corrected chi connectivity index (χ1v) is 6.91. The van der Waals surface area contributed by atoms with E-state index in [1.165, 1.54) is 18.5 Å². The van der Waals surface area contributed by atoms with Crippen molar-refractivity contribution in [3.63, 3.8) is 0 Å². The molecule has 1 fully saturated rings. The molecule has 1 heterocycles. The SMILES string of the molecule is CC1(C)C(C(=O)Nc2ccc(C(=O)/C=C\N)cn2)C1(C)C.[HH]. The second-order valence-corrected chi connectivity index (χ2v) is 6.52. The summed E-state index contributed by atoms with van der Waals surface area (Å²) in [5, 5.41) is 2.81. The number of aromatic nitrogens is 1. The number of carbonyl (C=O) groups excluding carboxylic acids is 2. The molecule has 5 nitrogen and oxygen atoms in total. The molecule has 0 atom stereocenters. The quantitative estimate of drug-likeness (QED) is 0.659. The van der Waals surface area contributed by atoms with Gasteiger partial charge in [-0.2, -0.15) is 0 Å². The van der Waals surface area contributed by atoms with Crippen molar-refractivity contribution in [2.24, 2.45) is 22.5 Å². The first kappa shape index (κ1) is 15.2. The Kier molecular flexibility index (Phi) is 3.61. The zero-order valence-corrected chi connectivity index (χ0v) is 12.8. The van der Waals surface area contributed by atoms with Gasteiger partial charge >= 0.3 is 0 Å². The lowest BCUT2D eigenvalue weighted by Gasteiger charge is -2.06. The van der Waals surface area contributed by atoms with Crippen molar-refractivity contribution < 1.29 is 11.0 Å². The Labute approximate surface area is 126 Å². The van der Waals surface area contributed by atoms with Crippen molar-refractivity contribution in [3.05, 3.63) is 36.2 Å². The highest BCUT2D eigenvalue weighted by molar-refractivity contribution is 6.04. The minimum Gasteiger partial charge on any atom is -0.404 e. The summed E-state index contributed by atoms with van der Waals surface area (Å²) in [7, 11) is 0. The summed E-state index contributed by atoms with van der Waals surface area (Å²) in [6.45, 7) is 8.36. The van der Waals surface area contributed by atoms with E-state index in [1.54, 1.807) is 12.1 Å². The molecule has 5 heteroatoms. The second kappa shape index (κ2) is 4.98. The van der Waals surface area contributed by atoms with Crippen molar-refractivity contribution in [3.8, 4) is 0 Å². The number of nitrogens with one attached hydrogen (secondary N) is 1. The van der Waals surface area contributed by atoms with Crippen LogP contribution in [0.5, 0.6) is 0 Å². The van der Waals surface area contributed by atoms with Crippen LogP contribution >= 0.6 is 0 Å². The summed E-state index contributed by atoms with van der Waals surface area (Å²) in [5.74, 6) is 0.172. The maximum Gasteiger partial charge on any atom is 0.229 e. The lowest BCUT2D eigenvalue weighted by atomic mass is 10.0. The Morgan fingerprint density at radius 1 is 1.29 bits per heavy atom. The molecule has 0 aliphatic heterocycles. The Morgan fingerprint density at radius 2 is 1.90 bits per heavy atom. The lowest BCUT2D eigenvalue weighted by Crippen LogP contribution is -2.18. The van der Waals surface area contributed by atoms with Gasteiger partial charge in [-0.3, -0.25) is 9.59 Å². The van der Waals surface area contributed by atoms with Crippen LogP contribution in [0.25, 0.3) is 0 Å². The zero-order chi connectivity index (χ0) is 15.8. The fourth-order valence-corrected chi connectivity index (χ4v) is 2.85. The minimum absolute atomic E-state index is 0. The van der Waals surface area contributed by atoms with Crippen molar-refractivity contribution in [1.82, 2.24) is 4.98 Å². The van der Waals surface area contributed by atoms with E-state index in [2.05, 4.69) is 38.0 Å². The van der Waals surface area contributed by atoms with Crippen molar-refractivity contribution >= 4 is 17.5 Å². The summed E-state index contributed by atoms with van der Waals surface area (Å²) in [6.07, 6.45) is 3.89. The van der Waals surface area contributed by atoms with E-state index in [-0.39, 0.29) is 29.9 Å². The number of rotatable bonds is 4. The van der Waals surface area contributed by atoms with Crippen molar-refractivity contribution in [1.29, 1.82) is 0 Å². The van der Waals surface area contributed by atoms with E-state index in [0.29, 0.717) is 11.4 Å². The van der Waals surface area contributed by atoms with Crippen LogP contribution in [0.15, 0.2) is 30.6 Å². The largest absolute Gasteiger partial charge is 0.404 e. The summed E-state index contributed by atoms with van der Waals surface area (Å²) < 4.78 is 0. The van der Waals surface area contributed by atoms with Crippen LogP contribution < -0.4 is 11.1 Å². The number of nitrogens with two attached hydrogens (primary N) is 1. The predicted molar refractivity (Wildman–Crippen MR) is 83.7 cm³/mol. The third kappa shape index (κ3) is 2.55. The molecule has 2 rings (SSSR count). The van der Waals surface area contributed by atoms with Gasteiger partial charge in [0, 0.05) is 25.2 Å². The van der Waals surface area contributed by atoms with Gasteiger partial charge in [0.2, 0.25) is 5.91 Å². The highest BCUT2D eigenvalue weighted by atomic mass is 16.2. The molecule has 0 saturated heterocycles. The Morgan fingerprint density at radius 3 is 2.33 bits per heavy atom. The third-order valence-corrected chi connectivity index (χ3v) is 4.83. The summed E-state index contributed by atoms with van der Waals surface area (Å²) in [4.78, 5) is 28.0. The lowest BCUT2D eigenvalue weighted by molar-refractivity contribution is -0.118. The molecule has 21 heavy (non-hydrogen) atoms. The van der Waals surface area contributed by atoms with Gasteiger partial charge in [-0.05, 0) is 29.2 Å². The molecule has 0 spiro atoms. The maximum atomic E-state index is 12.3. The van der Waals surface area contributed by atoms with E-state index in [4.69, 9.17) is 5.73 Å². The number of anilines is 1. The Bertz CT molecular complexity index is 592. The van der Waals surface area contributed by atoms with E-state index in [1.807, 2.05) is 0 Å². The molecule has 0 aromatic carbocycles. The first-order valence-electron chi connectivity index (χ1n) is 6.91. The van der Waals surface area contributed by atoms with Crippen LogP contribution in [0.4, 0.5) is 5.82 Å². The molecular formula is C16H23N3O2. The van der Waals surface area contributed by atoms with E-state index < -0.39 is 0 Å². The minimum atomic E-state index is -0.215. The second-order valence-electron chi connectivity index (χ2n) is 6.52. The van der Waals surface area contributed by atoms with Crippen LogP contribution in [0, 0.1) is 16.7 Å². The van der Waals surface area contributed by atoms with Crippen LogP contribution in [0.2, 0.25) is 0 Å². The number of nitrogens with zero attached hydrogens (tertiary/aromatic N) is 1. The Hall–Kier alpha value is -2.17. The summed E-state index contributed by atoms with van der Waals surface area (Å²) in [6, 6.07) is 3.24. The molecule has 0 unspecified atom stereocenters. The number of hydrogen-bond acceptors (Lipinski definition) is 4. The Balaban J connectivity index is 0.00000242. The number of pyridine rings is 1. The van der Waals surface area contributed by atoms with Crippen LogP contribution in [-0.4, -0.2) is 16.7 Å². The van der Waals surface area contributed by atoms with Gasteiger partial charge in [0.1, 0.15) is 5.82 Å². The van der Waals surface area contributed by atoms with Gasteiger partial charge in [-0.15, -0.1) is 0 Å². The van der Waals surface area contributed by atoms with E-state index in [0.717, 1.165) is 0 Å². The molecule has 114 valence electrons. The third-order valence-electron chi connectivity index (χ3n) is 4.83. The summed E-state index contributed by atoms with van der Waals surface area (Å²) in [5.41, 5.74) is 5.58. The van der Waals surface area contributed by atoms with Gasteiger partial charge < -0.3 is 11.1 Å². The molecule has 3 N–H and O–H groups in total. The summed E-state index contributed by atoms with van der Waals surface area (Å²) >= 11 is 0. The number of allylic oxidation sites excluding steroid dienone is 1. The highest BCUT2D eigenvalue weighted by Crippen LogP contribution is 2.68. The van der Waals surface area contributed by atoms with Crippen molar-refractivity contribution in [2.45, 2.75) is 27.7 Å². The van der Waals surface area contributed by atoms with E-state index in [9.17, 15) is 9.59 Å². The maximum absolute atomic E-state index is 12.3. The monoisotopic (exact) mass is 289 g/mol. The van der Waals surface area contributed by atoms with Gasteiger partial charge in [-0.1, -0.05) is 27.7 Å². The topological polar surface area (TPSA) is 85.1 Å². The van der Waals surface area contributed by atoms with Gasteiger partial charge in [0.25, 0.3) is 0 Å². The first-order chi connectivity index (χ1) is 9.71. The molecule has 1 aliphatic rings. The molecule has 1 aromatic heterocycles. The number of carbonyl (C=O) groups is 2. The average molecular weight is 289 g/mol. The van der Waals surface area contributed by atoms with Gasteiger partial charge in [0.15, 0.2) is 5.78 Å². The molecule has 1 aliphatic carbocycles. The van der Waals surface area contributed by atoms with Gasteiger partial charge in [-0.25, -0.2) is 4.98 Å². The smallest absolute Gasteiger partial charge is 0.229 e. The molecule has 0 radical (unpaired) electrons. The molecule has 1 saturated carbocycles. The molecule has 1 amide bonds. The highest BCUT2D eigenvalue weighted by Gasteiger charge is 2.68. The van der Waals surface area contributed by atoms with Crippen LogP contribution in [0.1, 0.15) is 39.5 Å². The van der Waals surface area contributed by atoms with Crippen LogP contribution in [0.3, 0.4) is 0 Å². The van der Waals surface area contributed by atoms with Crippen molar-refractivity contribution in [2.75, 3.05) is 5.32 Å². The molecular weight excluding hydrogens is 266 g/mol. The molecule has 1 aromatic rings. The van der Waals surface area contributed by atoms with Gasteiger partial charge in [0.05, 0.1) is 0 Å². The van der Waals surface area contributed by atoms with E-state index >= 15 is 0 Å². The normalized spacial score (nSPS) is 19.4. The fourth-order valence-electron chi connectivity index (χ4n) is 2.85. The predicted octanol–water partition coefficient (Wildman–Crippen LogP) is 2.60. The number of hydrogen-bond donors (Lipinski definition) is 2. The number of ketones is 1. The fraction of sp³-hybridized carbons (Fsp3) is 0.438.